The molecule has 0 atom stereocenters. The molecule has 0 saturated heterocycles. The Balaban J connectivity index is 3.21. The van der Waals surface area contributed by atoms with Crippen molar-refractivity contribution in [1.29, 1.82) is 0 Å². The lowest BCUT2D eigenvalue weighted by Gasteiger charge is -2.03. The number of carbonyl (C=O) groups is 1. The molecule has 0 aliphatic heterocycles. The van der Waals surface area contributed by atoms with Gasteiger partial charge in [0.15, 0.2) is 0 Å². The van der Waals surface area contributed by atoms with E-state index in [4.69, 9.17) is 5.11 Å². The number of hydrogen-bond acceptors (Lipinski definition) is 3. The number of nitro groups is 1. The zero-order valence-electron chi connectivity index (χ0n) is 7.35. The molecule has 1 aromatic carbocycles. The largest absolute Gasteiger partial charge is 0.465 e. The molecular weight excluding hydrogens is 188 g/mol. The summed E-state index contributed by atoms with van der Waals surface area (Å²) in [5, 5.41) is 21.0. The summed E-state index contributed by atoms with van der Waals surface area (Å²) in [5.41, 5.74) is 0.193. The lowest BCUT2D eigenvalue weighted by molar-refractivity contribution is -0.384. The number of nitrogens with one attached hydrogen (secondary N) is 1. The van der Waals surface area contributed by atoms with Crippen molar-refractivity contribution < 1.29 is 14.8 Å². The van der Waals surface area contributed by atoms with Crippen LogP contribution in [0.15, 0.2) is 18.2 Å². The topological polar surface area (TPSA) is 92.5 Å². The fraction of sp³-hybridized carbons (Fsp3) is 0.125. The minimum absolute atomic E-state index is 0.0116. The first-order valence-electron chi connectivity index (χ1n) is 3.76. The molecule has 0 aromatic heterocycles. The Morgan fingerprint density at radius 2 is 2.21 bits per heavy atom. The lowest BCUT2D eigenvalue weighted by Crippen LogP contribution is -2.09. The summed E-state index contributed by atoms with van der Waals surface area (Å²) in [6.07, 6.45) is -1.32. The highest BCUT2D eigenvalue weighted by atomic mass is 16.6. The van der Waals surface area contributed by atoms with Crippen molar-refractivity contribution in [3.8, 4) is 0 Å². The zero-order chi connectivity index (χ0) is 10.7. The highest BCUT2D eigenvalue weighted by Crippen LogP contribution is 2.27. The van der Waals surface area contributed by atoms with Gasteiger partial charge in [-0.3, -0.25) is 15.4 Å². The fourth-order valence-corrected chi connectivity index (χ4v) is 1.12. The van der Waals surface area contributed by atoms with Gasteiger partial charge >= 0.3 is 6.09 Å². The maximum Gasteiger partial charge on any atom is 0.409 e. The van der Waals surface area contributed by atoms with Gasteiger partial charge in [-0.05, 0) is 13.0 Å². The predicted molar refractivity (Wildman–Crippen MR) is 49.5 cm³/mol. The Labute approximate surface area is 79.3 Å². The van der Waals surface area contributed by atoms with E-state index in [9.17, 15) is 14.9 Å². The van der Waals surface area contributed by atoms with Crippen molar-refractivity contribution >= 4 is 17.5 Å². The molecule has 74 valence electrons. The first-order valence-corrected chi connectivity index (χ1v) is 3.76. The van der Waals surface area contributed by atoms with Crippen LogP contribution in [-0.2, 0) is 0 Å². The van der Waals surface area contributed by atoms with Gasteiger partial charge in [0.25, 0.3) is 5.69 Å². The van der Waals surface area contributed by atoms with Crippen molar-refractivity contribution in [3.05, 3.63) is 33.9 Å². The van der Waals surface area contributed by atoms with Crippen LogP contribution in [0.1, 0.15) is 5.56 Å². The minimum Gasteiger partial charge on any atom is -0.465 e. The maximum absolute atomic E-state index is 10.6. The monoisotopic (exact) mass is 196 g/mol. The van der Waals surface area contributed by atoms with Crippen molar-refractivity contribution in [2.24, 2.45) is 0 Å². The number of rotatable bonds is 2. The molecule has 0 spiro atoms. The Bertz CT molecular complexity index is 389. The van der Waals surface area contributed by atoms with Crippen LogP contribution in [0.5, 0.6) is 0 Å². The molecule has 14 heavy (non-hydrogen) atoms. The molecule has 2 N–H and O–H groups in total. The molecule has 0 fully saturated rings. The first-order chi connectivity index (χ1) is 6.52. The second-order valence-corrected chi connectivity index (χ2v) is 2.66. The zero-order valence-corrected chi connectivity index (χ0v) is 7.35. The third-order valence-electron chi connectivity index (χ3n) is 1.66. The molecule has 1 aromatic rings. The van der Waals surface area contributed by atoms with E-state index in [-0.39, 0.29) is 11.4 Å². The van der Waals surface area contributed by atoms with Crippen molar-refractivity contribution in [2.75, 3.05) is 5.32 Å². The molecule has 0 saturated carbocycles. The number of benzene rings is 1. The van der Waals surface area contributed by atoms with Crippen LogP contribution in [0.2, 0.25) is 0 Å². The van der Waals surface area contributed by atoms with E-state index in [0.717, 1.165) is 0 Å². The van der Waals surface area contributed by atoms with Crippen LogP contribution in [0, 0.1) is 17.0 Å². The number of amides is 1. The van der Waals surface area contributed by atoms with Crippen LogP contribution in [0.25, 0.3) is 0 Å². The summed E-state index contributed by atoms with van der Waals surface area (Å²) in [6, 6.07) is 4.44. The maximum atomic E-state index is 10.6. The van der Waals surface area contributed by atoms with Crippen LogP contribution >= 0.6 is 0 Å². The molecule has 0 bridgehead atoms. The highest BCUT2D eigenvalue weighted by molar-refractivity contribution is 5.86. The summed E-state index contributed by atoms with van der Waals surface area (Å²) < 4.78 is 0. The van der Waals surface area contributed by atoms with E-state index in [1.807, 2.05) is 5.32 Å². The highest BCUT2D eigenvalue weighted by Gasteiger charge is 2.17. The van der Waals surface area contributed by atoms with Gasteiger partial charge in [0.05, 0.1) is 4.92 Å². The summed E-state index contributed by atoms with van der Waals surface area (Å²) in [7, 11) is 0. The van der Waals surface area contributed by atoms with Crippen molar-refractivity contribution in [1.82, 2.24) is 0 Å². The quantitative estimate of drug-likeness (QED) is 0.558. The SMILES string of the molecule is Cc1cccc(NC(=O)O)c1[N+](=O)[O-]. The molecule has 0 aliphatic carbocycles. The Hall–Kier alpha value is -2.11. The first kappa shape index (κ1) is 9.97. The molecule has 0 radical (unpaired) electrons. The Kier molecular flexibility index (Phi) is 2.66. The third-order valence-corrected chi connectivity index (χ3v) is 1.66. The molecule has 1 rings (SSSR count). The van der Waals surface area contributed by atoms with E-state index < -0.39 is 11.0 Å². The van der Waals surface area contributed by atoms with Gasteiger partial charge in [0.2, 0.25) is 0 Å². The summed E-state index contributed by atoms with van der Waals surface area (Å²) >= 11 is 0. The predicted octanol–water partition coefficient (Wildman–Crippen LogP) is 1.99. The summed E-state index contributed by atoms with van der Waals surface area (Å²) in [6.45, 7) is 1.55. The van der Waals surface area contributed by atoms with Crippen LogP contribution in [-0.4, -0.2) is 16.1 Å². The Morgan fingerprint density at radius 1 is 1.57 bits per heavy atom. The molecular formula is C8H8N2O4. The van der Waals surface area contributed by atoms with Gasteiger partial charge in [0.1, 0.15) is 5.69 Å². The smallest absolute Gasteiger partial charge is 0.409 e. The number of para-hydroxylation sites is 1. The third kappa shape index (κ3) is 1.98. The standard InChI is InChI=1S/C8H8N2O4/c1-5-3-2-4-6(9-8(11)12)7(5)10(13)14/h2-4,9H,1H3,(H,11,12). The molecule has 1 amide bonds. The van der Waals surface area contributed by atoms with Crippen LogP contribution in [0.4, 0.5) is 16.2 Å². The van der Waals surface area contributed by atoms with Gasteiger partial charge in [-0.15, -0.1) is 0 Å². The Morgan fingerprint density at radius 3 is 2.71 bits per heavy atom. The van der Waals surface area contributed by atoms with Crippen molar-refractivity contribution in [3.63, 3.8) is 0 Å². The van der Waals surface area contributed by atoms with Crippen molar-refractivity contribution in [2.45, 2.75) is 6.92 Å². The lowest BCUT2D eigenvalue weighted by atomic mass is 10.2. The fourth-order valence-electron chi connectivity index (χ4n) is 1.12. The van der Waals surface area contributed by atoms with E-state index in [0.29, 0.717) is 5.56 Å². The summed E-state index contributed by atoms with van der Waals surface area (Å²) in [4.78, 5) is 20.3. The van der Waals surface area contributed by atoms with Crippen LogP contribution < -0.4 is 5.32 Å². The molecule has 0 heterocycles. The number of aryl methyl sites for hydroxylation is 1. The molecule has 0 unspecified atom stereocenters. The average molecular weight is 196 g/mol. The second kappa shape index (κ2) is 3.73. The van der Waals surface area contributed by atoms with Crippen LogP contribution in [0.3, 0.4) is 0 Å². The van der Waals surface area contributed by atoms with E-state index >= 15 is 0 Å². The number of carboxylic acid groups (broad SMARTS) is 1. The number of hydrogen-bond donors (Lipinski definition) is 2. The number of anilines is 1. The normalized spacial score (nSPS) is 9.50. The summed E-state index contributed by atoms with van der Waals surface area (Å²) in [5.74, 6) is 0. The average Bonchev–Trinajstić information content (AvgIpc) is 2.01. The molecule has 6 nitrogen and oxygen atoms in total. The second-order valence-electron chi connectivity index (χ2n) is 2.66. The molecule has 0 aliphatic rings. The van der Waals surface area contributed by atoms with Gasteiger partial charge in [-0.25, -0.2) is 4.79 Å². The van der Waals surface area contributed by atoms with Gasteiger partial charge in [0, 0.05) is 5.56 Å². The van der Waals surface area contributed by atoms with E-state index in [2.05, 4.69) is 0 Å². The van der Waals surface area contributed by atoms with Gasteiger partial charge < -0.3 is 5.11 Å². The van der Waals surface area contributed by atoms with Gasteiger partial charge in [-0.1, -0.05) is 12.1 Å². The van der Waals surface area contributed by atoms with Gasteiger partial charge in [-0.2, -0.15) is 0 Å². The van der Waals surface area contributed by atoms with E-state index in [1.165, 1.54) is 6.07 Å². The molecule has 6 heteroatoms. The number of nitrogens with zero attached hydrogens (tertiary/aromatic N) is 1. The number of nitro benzene ring substituents is 1. The minimum atomic E-state index is -1.32. The van der Waals surface area contributed by atoms with E-state index in [1.54, 1.807) is 19.1 Å².